The molecule has 0 saturated carbocycles. The van der Waals surface area contributed by atoms with Gasteiger partial charge in [0, 0.05) is 16.5 Å². The van der Waals surface area contributed by atoms with Gasteiger partial charge < -0.3 is 9.32 Å². The zero-order chi connectivity index (χ0) is 35.6. The minimum atomic E-state index is 0.868. The summed E-state index contributed by atoms with van der Waals surface area (Å²) in [7, 11) is 0. The Hall–Kier alpha value is -7.16. The highest BCUT2D eigenvalue weighted by Gasteiger charge is 2.23. The van der Waals surface area contributed by atoms with Crippen molar-refractivity contribution < 1.29 is 4.42 Å². The molecule has 0 N–H and O–H groups in total. The Morgan fingerprint density at radius 3 is 1.70 bits per heavy atom. The Labute approximate surface area is 312 Å². The Morgan fingerprint density at radius 2 is 0.926 bits per heavy atom. The predicted molar refractivity (Wildman–Crippen MR) is 229 cm³/mol. The van der Waals surface area contributed by atoms with E-state index in [1.165, 1.54) is 65.3 Å². The number of hydrogen-bond acceptors (Lipinski definition) is 2. The number of furan rings is 1. The molecule has 0 radical (unpaired) electrons. The van der Waals surface area contributed by atoms with Crippen LogP contribution < -0.4 is 4.90 Å². The molecule has 0 unspecified atom stereocenters. The molecule has 11 rings (SSSR count). The molecule has 0 aliphatic rings. The summed E-state index contributed by atoms with van der Waals surface area (Å²) >= 11 is 0. The van der Waals surface area contributed by atoms with Crippen LogP contribution >= 0.6 is 0 Å². The second-order valence-electron chi connectivity index (χ2n) is 14.1. The number of anilines is 3. The lowest BCUT2D eigenvalue weighted by atomic mass is 9.90. The van der Waals surface area contributed by atoms with Crippen molar-refractivity contribution in [1.82, 2.24) is 0 Å². The van der Waals surface area contributed by atoms with Crippen molar-refractivity contribution in [2.24, 2.45) is 0 Å². The monoisotopic (exact) mass is 687 g/mol. The van der Waals surface area contributed by atoms with E-state index in [4.69, 9.17) is 4.42 Å². The molecule has 11 aromatic rings. The molecule has 0 atom stereocenters. The summed E-state index contributed by atoms with van der Waals surface area (Å²) in [5.41, 5.74) is 9.84. The van der Waals surface area contributed by atoms with Gasteiger partial charge in [-0.25, -0.2) is 0 Å². The van der Waals surface area contributed by atoms with Crippen LogP contribution in [0.2, 0.25) is 0 Å². The summed E-state index contributed by atoms with van der Waals surface area (Å²) in [6.45, 7) is 0. The van der Waals surface area contributed by atoms with Crippen LogP contribution in [0.5, 0.6) is 0 Å². The number of nitrogens with zero attached hydrogens (tertiary/aromatic N) is 1. The first-order chi connectivity index (χ1) is 26.8. The van der Waals surface area contributed by atoms with Gasteiger partial charge in [0.15, 0.2) is 0 Å². The maximum Gasteiger partial charge on any atom is 0.137 e. The molecule has 10 aromatic carbocycles. The molecule has 0 amide bonds. The second kappa shape index (κ2) is 12.2. The summed E-state index contributed by atoms with van der Waals surface area (Å²) < 4.78 is 6.61. The summed E-state index contributed by atoms with van der Waals surface area (Å²) in [4.78, 5) is 2.42. The normalized spacial score (nSPS) is 11.7. The Morgan fingerprint density at radius 1 is 0.315 bits per heavy atom. The van der Waals surface area contributed by atoms with E-state index in [2.05, 4.69) is 205 Å². The smallest absolute Gasteiger partial charge is 0.137 e. The Bertz CT molecular complexity index is 3210. The Balaban J connectivity index is 1.18. The zero-order valence-electron chi connectivity index (χ0n) is 29.4. The quantitative estimate of drug-likeness (QED) is 0.168. The molecule has 0 fully saturated rings. The fourth-order valence-electron chi connectivity index (χ4n) is 8.51. The van der Waals surface area contributed by atoms with Crippen LogP contribution in [0.15, 0.2) is 205 Å². The van der Waals surface area contributed by atoms with Crippen LogP contribution in [0.4, 0.5) is 17.1 Å². The lowest BCUT2D eigenvalue weighted by molar-refractivity contribution is 0.669. The van der Waals surface area contributed by atoms with E-state index >= 15 is 0 Å². The number of fused-ring (bicyclic) bond motifs is 8. The van der Waals surface area contributed by atoms with Gasteiger partial charge in [-0.2, -0.15) is 0 Å². The molecule has 0 bridgehead atoms. The minimum Gasteiger partial charge on any atom is -0.456 e. The molecule has 1 heterocycles. The van der Waals surface area contributed by atoms with Gasteiger partial charge in [-0.1, -0.05) is 152 Å². The van der Waals surface area contributed by atoms with E-state index in [1.807, 2.05) is 0 Å². The summed E-state index contributed by atoms with van der Waals surface area (Å²) in [6.07, 6.45) is 0. The lowest BCUT2D eigenvalue weighted by Crippen LogP contribution is -2.11. The molecule has 2 heteroatoms. The van der Waals surface area contributed by atoms with E-state index in [-0.39, 0.29) is 0 Å². The van der Waals surface area contributed by atoms with Crippen molar-refractivity contribution in [1.29, 1.82) is 0 Å². The first kappa shape index (κ1) is 30.5. The molecule has 1 aromatic heterocycles. The van der Waals surface area contributed by atoms with Crippen molar-refractivity contribution in [2.45, 2.75) is 0 Å². The van der Waals surface area contributed by atoms with Crippen LogP contribution in [-0.4, -0.2) is 0 Å². The molecule has 252 valence electrons. The topological polar surface area (TPSA) is 16.4 Å². The van der Waals surface area contributed by atoms with Crippen molar-refractivity contribution >= 4 is 82.1 Å². The number of benzene rings is 10. The van der Waals surface area contributed by atoms with E-state index in [0.717, 1.165) is 39.0 Å². The van der Waals surface area contributed by atoms with E-state index in [1.54, 1.807) is 0 Å². The van der Waals surface area contributed by atoms with Crippen LogP contribution in [-0.2, 0) is 0 Å². The molecule has 0 aliphatic carbocycles. The molecule has 0 spiro atoms. The SMILES string of the molecule is c1ccc(-c2ccc(N(c3ccc(-c4cc5ccccc5c5ccccc45)c4ccccc34)c3cccc4oc5cc6ccccc6cc5c34)cc2)cc1. The van der Waals surface area contributed by atoms with Gasteiger partial charge in [-0.3, -0.25) is 0 Å². The number of rotatable bonds is 5. The second-order valence-corrected chi connectivity index (χ2v) is 14.1. The minimum absolute atomic E-state index is 0.868. The maximum atomic E-state index is 6.61. The van der Waals surface area contributed by atoms with Crippen molar-refractivity contribution in [2.75, 3.05) is 4.90 Å². The van der Waals surface area contributed by atoms with Gasteiger partial charge in [0.05, 0.1) is 16.8 Å². The van der Waals surface area contributed by atoms with Crippen molar-refractivity contribution in [3.05, 3.63) is 200 Å². The largest absolute Gasteiger partial charge is 0.456 e. The van der Waals surface area contributed by atoms with Crippen LogP contribution in [0.25, 0.3) is 87.3 Å². The third-order valence-electron chi connectivity index (χ3n) is 11.0. The van der Waals surface area contributed by atoms with E-state index in [0.29, 0.717) is 0 Å². The standard InChI is InChI=1S/C52H33NO/c1-2-13-34(14-3-1)35-25-27-39(28-26-35)53(49-23-12-24-50-52(49)47-31-36-15-4-5-16-37(36)33-51(47)54-50)48-30-29-44(42-20-10-11-22-45(42)48)46-32-38-17-6-7-18-40(38)41-19-8-9-21-43(41)46/h1-33H. The van der Waals surface area contributed by atoms with Gasteiger partial charge in [-0.05, 0) is 108 Å². The van der Waals surface area contributed by atoms with Crippen molar-refractivity contribution in [3.63, 3.8) is 0 Å². The first-order valence-electron chi connectivity index (χ1n) is 18.5. The fourth-order valence-corrected chi connectivity index (χ4v) is 8.51. The molecule has 2 nitrogen and oxygen atoms in total. The summed E-state index contributed by atoms with van der Waals surface area (Å²) in [5.74, 6) is 0. The molecule has 0 aliphatic heterocycles. The fraction of sp³-hybridized carbons (Fsp3) is 0. The summed E-state index contributed by atoms with van der Waals surface area (Å²) in [5, 5.41) is 12.0. The zero-order valence-corrected chi connectivity index (χ0v) is 29.4. The molecule has 0 saturated heterocycles. The third-order valence-corrected chi connectivity index (χ3v) is 11.0. The third kappa shape index (κ3) is 4.81. The average molecular weight is 688 g/mol. The highest BCUT2D eigenvalue weighted by atomic mass is 16.3. The van der Waals surface area contributed by atoms with Gasteiger partial charge in [0.1, 0.15) is 11.2 Å². The molecular weight excluding hydrogens is 655 g/mol. The predicted octanol–water partition coefficient (Wildman–Crippen LogP) is 15.0. The van der Waals surface area contributed by atoms with Gasteiger partial charge >= 0.3 is 0 Å². The highest BCUT2D eigenvalue weighted by Crippen LogP contribution is 2.48. The van der Waals surface area contributed by atoms with Crippen LogP contribution in [0, 0.1) is 0 Å². The average Bonchev–Trinajstić information content (AvgIpc) is 3.61. The maximum absolute atomic E-state index is 6.61. The molecular formula is C52H33NO. The van der Waals surface area contributed by atoms with Gasteiger partial charge in [0.25, 0.3) is 0 Å². The lowest BCUT2D eigenvalue weighted by Gasteiger charge is -2.28. The summed E-state index contributed by atoms with van der Waals surface area (Å²) in [6, 6.07) is 72.3. The van der Waals surface area contributed by atoms with Gasteiger partial charge in [-0.15, -0.1) is 0 Å². The first-order valence-corrected chi connectivity index (χ1v) is 18.5. The van der Waals surface area contributed by atoms with E-state index in [9.17, 15) is 0 Å². The Kier molecular flexibility index (Phi) is 6.90. The van der Waals surface area contributed by atoms with Crippen LogP contribution in [0.3, 0.4) is 0 Å². The van der Waals surface area contributed by atoms with E-state index < -0.39 is 0 Å². The van der Waals surface area contributed by atoms with Gasteiger partial charge in [0.2, 0.25) is 0 Å². The van der Waals surface area contributed by atoms with Crippen molar-refractivity contribution in [3.8, 4) is 22.3 Å². The highest BCUT2D eigenvalue weighted by molar-refractivity contribution is 6.20. The molecule has 54 heavy (non-hydrogen) atoms. The number of hydrogen-bond donors (Lipinski definition) is 0. The van der Waals surface area contributed by atoms with Crippen LogP contribution in [0.1, 0.15) is 0 Å².